The fourth-order valence-electron chi connectivity index (χ4n) is 2.73. The molecule has 0 aromatic heterocycles. The van der Waals surface area contributed by atoms with Crippen LogP contribution in [-0.2, 0) is 17.1 Å². The Morgan fingerprint density at radius 2 is 1.00 bits per heavy atom. The van der Waals surface area contributed by atoms with Gasteiger partial charge in [-0.25, -0.2) is 28.8 Å². The second kappa shape index (κ2) is 6.98. The van der Waals surface area contributed by atoms with E-state index >= 15 is 0 Å². The van der Waals surface area contributed by atoms with Gasteiger partial charge < -0.3 is 17.1 Å². The highest BCUT2D eigenvalue weighted by atomic mass is 27.2. The maximum absolute atomic E-state index is 12.1. The zero-order valence-corrected chi connectivity index (χ0v) is 15.7. The summed E-state index contributed by atoms with van der Waals surface area (Å²) in [7, 11) is 0. The molecule has 0 fully saturated rings. The molecule has 2 aliphatic rings. The lowest BCUT2D eigenvalue weighted by molar-refractivity contribution is 0.0425. The SMILES string of the molecule is O=C([O][AlH][O]C(=O)c1ccc2c(c1)C(=O)OC2=O)c1ccc2c(c1)C(=O)OC2=O. The molecule has 0 amide bonds. The number of benzene rings is 2. The summed E-state index contributed by atoms with van der Waals surface area (Å²) in [6.07, 6.45) is 0. The Morgan fingerprint density at radius 1 is 0.621 bits per heavy atom. The van der Waals surface area contributed by atoms with Gasteiger partial charge >= 0.3 is 51.7 Å². The molecule has 0 N–H and O–H groups in total. The molecule has 29 heavy (non-hydrogen) atoms. The predicted molar refractivity (Wildman–Crippen MR) is 90.4 cm³/mol. The van der Waals surface area contributed by atoms with Crippen molar-refractivity contribution in [2.75, 3.05) is 0 Å². The van der Waals surface area contributed by atoms with Gasteiger partial charge in [0.15, 0.2) is 0 Å². The third kappa shape index (κ3) is 3.29. The Labute approximate surface area is 167 Å². The minimum Gasteiger partial charge on any atom is -0.584 e. The van der Waals surface area contributed by atoms with Crippen molar-refractivity contribution in [2.45, 2.75) is 0 Å². The van der Waals surface area contributed by atoms with E-state index in [4.69, 9.17) is 7.58 Å². The molecule has 11 heteroatoms. The van der Waals surface area contributed by atoms with Crippen LogP contribution < -0.4 is 0 Å². The number of ether oxygens (including phenoxy) is 2. The van der Waals surface area contributed by atoms with Crippen molar-refractivity contribution in [1.82, 2.24) is 0 Å². The number of hydrogen-bond donors (Lipinski definition) is 0. The van der Waals surface area contributed by atoms with Crippen LogP contribution in [0.3, 0.4) is 0 Å². The van der Waals surface area contributed by atoms with Gasteiger partial charge in [-0.2, -0.15) is 0 Å². The molecule has 0 aliphatic carbocycles. The van der Waals surface area contributed by atoms with Gasteiger partial charge in [-0.05, 0) is 36.4 Å². The number of carbonyl (C=O) groups excluding carboxylic acids is 6. The zero-order valence-electron chi connectivity index (χ0n) is 14.3. The molecular formula is C18H7AlO10. The molecule has 2 aromatic rings. The smallest absolute Gasteiger partial charge is 0.584 e. The molecule has 4 rings (SSSR count). The highest BCUT2D eigenvalue weighted by Crippen LogP contribution is 2.22. The van der Waals surface area contributed by atoms with Crippen molar-refractivity contribution in [2.24, 2.45) is 0 Å². The van der Waals surface area contributed by atoms with E-state index in [1.54, 1.807) is 0 Å². The van der Waals surface area contributed by atoms with Crippen LogP contribution in [0.1, 0.15) is 62.1 Å². The van der Waals surface area contributed by atoms with Gasteiger partial charge in [0, 0.05) is 0 Å². The normalized spacial score (nSPS) is 13.9. The summed E-state index contributed by atoms with van der Waals surface area (Å²) in [5, 5.41) is 0. The van der Waals surface area contributed by atoms with Gasteiger partial charge in [-0.1, -0.05) is 0 Å². The van der Waals surface area contributed by atoms with Crippen LogP contribution in [0.2, 0.25) is 0 Å². The third-order valence-corrected chi connectivity index (χ3v) is 4.90. The van der Waals surface area contributed by atoms with Crippen LogP contribution in [0.4, 0.5) is 0 Å². The number of fused-ring (bicyclic) bond motifs is 2. The molecule has 0 bridgehead atoms. The highest BCUT2D eigenvalue weighted by Gasteiger charge is 2.32. The summed E-state index contributed by atoms with van der Waals surface area (Å²) in [6, 6.07) is 7.39. The molecule has 0 radical (unpaired) electrons. The molecule has 10 nitrogen and oxygen atoms in total. The largest absolute Gasteiger partial charge is 0.837 e. The molecule has 0 saturated heterocycles. The van der Waals surface area contributed by atoms with E-state index in [0.717, 1.165) is 12.1 Å². The van der Waals surface area contributed by atoms with Crippen LogP contribution in [0, 0.1) is 0 Å². The molecule has 142 valence electrons. The van der Waals surface area contributed by atoms with E-state index in [1.807, 2.05) is 0 Å². The lowest BCUT2D eigenvalue weighted by Crippen LogP contribution is -2.17. The molecule has 0 atom stereocenters. The van der Waals surface area contributed by atoms with E-state index in [0.29, 0.717) is 0 Å². The molecule has 0 unspecified atom stereocenters. The summed E-state index contributed by atoms with van der Waals surface area (Å²) in [5.41, 5.74) is -0.0477. The number of rotatable bonds is 4. The summed E-state index contributed by atoms with van der Waals surface area (Å²) < 4.78 is 18.8. The quantitative estimate of drug-likeness (QED) is 0.304. The zero-order chi connectivity index (χ0) is 20.7. The molecule has 2 heterocycles. The summed E-state index contributed by atoms with van der Waals surface area (Å²) in [6.45, 7) is 0. The lowest BCUT2D eigenvalue weighted by atomic mass is 10.1. The molecule has 0 saturated carbocycles. The Kier molecular flexibility index (Phi) is 4.46. The lowest BCUT2D eigenvalue weighted by Gasteiger charge is -2.07. The number of carbonyl (C=O) groups is 6. The minimum atomic E-state index is -2.11. The molecule has 0 spiro atoms. The van der Waals surface area contributed by atoms with Gasteiger partial charge in [0.25, 0.3) is 0 Å². The first-order valence-corrected chi connectivity index (χ1v) is 9.16. The maximum atomic E-state index is 12.1. The van der Waals surface area contributed by atoms with E-state index in [9.17, 15) is 28.8 Å². The fourth-order valence-corrected chi connectivity index (χ4v) is 3.33. The van der Waals surface area contributed by atoms with Crippen molar-refractivity contribution in [3.8, 4) is 0 Å². The van der Waals surface area contributed by atoms with E-state index in [-0.39, 0.29) is 33.4 Å². The van der Waals surface area contributed by atoms with Crippen LogP contribution in [0.25, 0.3) is 0 Å². The fraction of sp³-hybridized carbons (Fsp3) is 0. The van der Waals surface area contributed by atoms with Crippen LogP contribution in [0.5, 0.6) is 0 Å². The van der Waals surface area contributed by atoms with Crippen LogP contribution in [-0.4, -0.2) is 51.7 Å². The number of cyclic esters (lactones) is 4. The number of hydrogen-bond acceptors (Lipinski definition) is 10. The van der Waals surface area contributed by atoms with Crippen molar-refractivity contribution in [1.29, 1.82) is 0 Å². The predicted octanol–water partition coefficient (Wildman–Crippen LogP) is 0.588. The Bertz CT molecular complexity index is 1060. The Morgan fingerprint density at radius 3 is 1.41 bits per heavy atom. The van der Waals surface area contributed by atoms with Gasteiger partial charge in [-0.3, -0.25) is 0 Å². The summed E-state index contributed by atoms with van der Waals surface area (Å²) in [4.78, 5) is 70.0. The van der Waals surface area contributed by atoms with Gasteiger partial charge in [-0.15, -0.1) is 0 Å². The van der Waals surface area contributed by atoms with Gasteiger partial charge in [0.1, 0.15) is 0 Å². The molecule has 2 aliphatic heterocycles. The minimum absolute atomic E-state index is 0.0160. The Balaban J connectivity index is 1.38. The first-order chi connectivity index (χ1) is 13.8. The summed E-state index contributed by atoms with van der Waals surface area (Å²) >= 11 is -2.11. The standard InChI is InChI=1S/2C9H4O5.Al.H/c2*10-7(11)4-1-2-5-6(3-4)9(13)14-8(5)12;;/h2*1-3H,(H,10,11);;/q;;+2;/p-2. The van der Waals surface area contributed by atoms with E-state index in [1.165, 1.54) is 24.3 Å². The first-order valence-electron chi connectivity index (χ1n) is 8.00. The maximum Gasteiger partial charge on any atom is 0.837 e. The topological polar surface area (TPSA) is 139 Å². The second-order valence-electron chi connectivity index (χ2n) is 5.86. The van der Waals surface area contributed by atoms with Crippen LogP contribution >= 0.6 is 0 Å². The highest BCUT2D eigenvalue weighted by molar-refractivity contribution is 6.28. The summed E-state index contributed by atoms with van der Waals surface area (Å²) in [5.74, 6) is -5.01. The Hall–Kier alpha value is -3.81. The van der Waals surface area contributed by atoms with E-state index < -0.39 is 51.7 Å². The molecular weight excluding hydrogens is 403 g/mol. The van der Waals surface area contributed by atoms with Crippen molar-refractivity contribution in [3.63, 3.8) is 0 Å². The van der Waals surface area contributed by atoms with E-state index in [2.05, 4.69) is 9.47 Å². The average molecular weight is 410 g/mol. The van der Waals surface area contributed by atoms with Crippen molar-refractivity contribution < 1.29 is 45.8 Å². The van der Waals surface area contributed by atoms with Crippen molar-refractivity contribution in [3.05, 3.63) is 69.8 Å². The average Bonchev–Trinajstić information content (AvgIpc) is 3.16. The van der Waals surface area contributed by atoms with Gasteiger partial charge in [0.05, 0.1) is 33.4 Å². The monoisotopic (exact) mass is 410 g/mol. The van der Waals surface area contributed by atoms with Crippen LogP contribution in [0.15, 0.2) is 36.4 Å². The number of esters is 4. The molecule has 2 aromatic carbocycles. The second-order valence-corrected chi connectivity index (χ2v) is 6.67. The van der Waals surface area contributed by atoms with Crippen molar-refractivity contribution >= 4 is 51.7 Å². The first kappa shape index (κ1) is 18.6. The van der Waals surface area contributed by atoms with Gasteiger partial charge in [0.2, 0.25) is 0 Å². The third-order valence-electron chi connectivity index (χ3n) is 4.14.